The van der Waals surface area contributed by atoms with Gasteiger partial charge in [-0.2, -0.15) is 10.4 Å². The molecule has 3 rings (SSSR count). The minimum atomic E-state index is -0.263. The van der Waals surface area contributed by atoms with E-state index in [1.54, 1.807) is 53.4 Å². The molecule has 0 saturated carbocycles. The molecule has 0 aliphatic rings. The number of nitrogens with zero attached hydrogens (tertiary/aromatic N) is 4. The third-order valence-corrected chi connectivity index (χ3v) is 2.79. The minimum absolute atomic E-state index is 0.263. The van der Waals surface area contributed by atoms with Crippen LogP contribution in [0, 0.1) is 11.3 Å². The summed E-state index contributed by atoms with van der Waals surface area (Å²) in [4.78, 5) is 16.3. The van der Waals surface area contributed by atoms with Crippen molar-refractivity contribution in [2.75, 3.05) is 0 Å². The smallest absolute Gasteiger partial charge is 0.214 e. The Morgan fingerprint density at radius 1 is 1.32 bits per heavy atom. The van der Waals surface area contributed by atoms with Crippen molar-refractivity contribution >= 4 is 11.3 Å². The van der Waals surface area contributed by atoms with Gasteiger partial charge >= 0.3 is 0 Å². The predicted octanol–water partition coefficient (Wildman–Crippen LogP) is 1.83. The summed E-state index contributed by atoms with van der Waals surface area (Å²) in [6, 6.07) is 10.4. The van der Waals surface area contributed by atoms with Crippen molar-refractivity contribution < 1.29 is 4.79 Å². The molecule has 0 amide bonds. The summed E-state index contributed by atoms with van der Waals surface area (Å²) in [5.74, 6) is -0.263. The molecule has 5 heteroatoms. The summed E-state index contributed by atoms with van der Waals surface area (Å²) >= 11 is 0. The molecule has 0 saturated heterocycles. The van der Waals surface area contributed by atoms with Crippen molar-refractivity contribution in [3.8, 4) is 6.07 Å². The molecule has 19 heavy (non-hydrogen) atoms. The Balaban J connectivity index is 2.11. The Labute approximate surface area is 108 Å². The summed E-state index contributed by atoms with van der Waals surface area (Å²) in [5.41, 5.74) is 1.75. The van der Waals surface area contributed by atoms with Gasteiger partial charge in [-0.25, -0.2) is 4.52 Å². The molecule has 0 fully saturated rings. The van der Waals surface area contributed by atoms with Gasteiger partial charge in [0, 0.05) is 18.0 Å². The van der Waals surface area contributed by atoms with E-state index >= 15 is 0 Å². The zero-order valence-electron chi connectivity index (χ0n) is 9.82. The molecule has 3 aromatic rings. The van der Waals surface area contributed by atoms with Crippen LogP contribution >= 0.6 is 0 Å². The lowest BCUT2D eigenvalue weighted by atomic mass is 10.0. The standard InChI is InChI=1S/C14H8N4O/c15-8-10-3-1-2-4-12(10)14(19)13-7-11-9-16-5-6-18(11)17-13/h1-7,9H. The number of carbonyl (C=O) groups is 1. The zero-order valence-corrected chi connectivity index (χ0v) is 9.82. The number of nitriles is 1. The first-order valence-electron chi connectivity index (χ1n) is 5.63. The molecule has 0 spiro atoms. The van der Waals surface area contributed by atoms with E-state index in [-0.39, 0.29) is 5.78 Å². The highest BCUT2D eigenvalue weighted by Crippen LogP contribution is 2.14. The molecule has 0 aliphatic heterocycles. The van der Waals surface area contributed by atoms with E-state index in [4.69, 9.17) is 5.26 Å². The predicted molar refractivity (Wildman–Crippen MR) is 67.6 cm³/mol. The largest absolute Gasteiger partial charge is 0.287 e. The molecule has 5 nitrogen and oxygen atoms in total. The molecular weight excluding hydrogens is 240 g/mol. The molecule has 2 aromatic heterocycles. The van der Waals surface area contributed by atoms with E-state index < -0.39 is 0 Å². The van der Waals surface area contributed by atoms with Crippen LogP contribution in [0.5, 0.6) is 0 Å². The molecule has 2 heterocycles. The van der Waals surface area contributed by atoms with Crippen LogP contribution in [0.15, 0.2) is 48.9 Å². The van der Waals surface area contributed by atoms with E-state index in [2.05, 4.69) is 10.1 Å². The summed E-state index contributed by atoms with van der Waals surface area (Å²) in [6.07, 6.45) is 4.89. The van der Waals surface area contributed by atoms with Gasteiger partial charge in [0.05, 0.1) is 23.3 Å². The fraction of sp³-hybridized carbons (Fsp3) is 0. The molecule has 0 radical (unpaired) electrons. The first-order valence-corrected chi connectivity index (χ1v) is 5.63. The van der Waals surface area contributed by atoms with Gasteiger partial charge < -0.3 is 0 Å². The van der Waals surface area contributed by atoms with Gasteiger partial charge in [-0.3, -0.25) is 9.78 Å². The van der Waals surface area contributed by atoms with Crippen LogP contribution < -0.4 is 0 Å². The first-order chi connectivity index (χ1) is 9.29. The second-order valence-electron chi connectivity index (χ2n) is 3.96. The number of ketones is 1. The minimum Gasteiger partial charge on any atom is -0.287 e. The third-order valence-electron chi connectivity index (χ3n) is 2.79. The van der Waals surface area contributed by atoms with E-state index in [1.165, 1.54) is 0 Å². The monoisotopic (exact) mass is 248 g/mol. The number of hydrogen-bond donors (Lipinski definition) is 0. The summed E-state index contributed by atoms with van der Waals surface area (Å²) in [7, 11) is 0. The zero-order chi connectivity index (χ0) is 13.2. The van der Waals surface area contributed by atoms with Crippen LogP contribution in [0.1, 0.15) is 21.6 Å². The highest BCUT2D eigenvalue weighted by Gasteiger charge is 2.16. The number of hydrogen-bond acceptors (Lipinski definition) is 4. The third kappa shape index (κ3) is 1.85. The van der Waals surface area contributed by atoms with E-state index in [0.29, 0.717) is 16.8 Å². The summed E-state index contributed by atoms with van der Waals surface area (Å²) in [6.45, 7) is 0. The van der Waals surface area contributed by atoms with Gasteiger partial charge in [0.2, 0.25) is 5.78 Å². The van der Waals surface area contributed by atoms with Crippen molar-refractivity contribution in [2.45, 2.75) is 0 Å². The molecule has 0 atom stereocenters. The summed E-state index contributed by atoms with van der Waals surface area (Å²) in [5, 5.41) is 13.2. The molecular formula is C14H8N4O. The van der Waals surface area contributed by atoms with Crippen LogP contribution in [-0.2, 0) is 0 Å². The Kier molecular flexibility index (Phi) is 2.54. The second-order valence-corrected chi connectivity index (χ2v) is 3.96. The highest BCUT2D eigenvalue weighted by atomic mass is 16.1. The fourth-order valence-corrected chi connectivity index (χ4v) is 1.87. The van der Waals surface area contributed by atoms with Gasteiger partial charge in [-0.1, -0.05) is 12.1 Å². The van der Waals surface area contributed by atoms with Crippen LogP contribution in [0.2, 0.25) is 0 Å². The van der Waals surface area contributed by atoms with Crippen LogP contribution in [-0.4, -0.2) is 20.4 Å². The van der Waals surface area contributed by atoms with Gasteiger partial charge in [-0.15, -0.1) is 0 Å². The lowest BCUT2D eigenvalue weighted by Crippen LogP contribution is -2.04. The lowest BCUT2D eigenvalue weighted by Gasteiger charge is -1.99. The SMILES string of the molecule is N#Cc1ccccc1C(=O)c1cc2cnccn2n1. The van der Waals surface area contributed by atoms with Crippen molar-refractivity contribution in [3.63, 3.8) is 0 Å². The van der Waals surface area contributed by atoms with Crippen molar-refractivity contribution in [2.24, 2.45) is 0 Å². The van der Waals surface area contributed by atoms with E-state index in [0.717, 1.165) is 5.52 Å². The Bertz CT molecular complexity index is 780. The van der Waals surface area contributed by atoms with Crippen molar-refractivity contribution in [1.82, 2.24) is 14.6 Å². The number of carbonyl (C=O) groups excluding carboxylic acids is 1. The number of fused-ring (bicyclic) bond motifs is 1. The summed E-state index contributed by atoms with van der Waals surface area (Å²) < 4.78 is 1.58. The van der Waals surface area contributed by atoms with Gasteiger partial charge in [0.25, 0.3) is 0 Å². The molecule has 0 bridgehead atoms. The Morgan fingerprint density at radius 3 is 2.95 bits per heavy atom. The number of aromatic nitrogens is 3. The first kappa shape index (κ1) is 11.1. The molecule has 90 valence electrons. The number of benzene rings is 1. The normalized spacial score (nSPS) is 10.3. The lowest BCUT2D eigenvalue weighted by molar-refractivity contribution is 0.103. The van der Waals surface area contributed by atoms with E-state index in [9.17, 15) is 4.79 Å². The van der Waals surface area contributed by atoms with Crippen molar-refractivity contribution in [1.29, 1.82) is 5.26 Å². The fourth-order valence-electron chi connectivity index (χ4n) is 1.87. The molecule has 0 N–H and O–H groups in total. The van der Waals surface area contributed by atoms with Crippen LogP contribution in [0.3, 0.4) is 0 Å². The molecule has 0 aliphatic carbocycles. The maximum absolute atomic E-state index is 12.3. The molecule has 0 unspecified atom stereocenters. The maximum Gasteiger partial charge on any atom is 0.214 e. The Hall–Kier alpha value is -3.00. The second kappa shape index (κ2) is 4.35. The van der Waals surface area contributed by atoms with Crippen molar-refractivity contribution in [3.05, 3.63) is 65.7 Å². The topological polar surface area (TPSA) is 71.0 Å². The van der Waals surface area contributed by atoms with Crippen LogP contribution in [0.4, 0.5) is 0 Å². The van der Waals surface area contributed by atoms with E-state index in [1.807, 2.05) is 6.07 Å². The average Bonchev–Trinajstić information content (AvgIpc) is 2.90. The van der Waals surface area contributed by atoms with Gasteiger partial charge in [0.1, 0.15) is 5.69 Å². The quantitative estimate of drug-likeness (QED) is 0.649. The van der Waals surface area contributed by atoms with Gasteiger partial charge in [0.15, 0.2) is 0 Å². The molecule has 1 aromatic carbocycles. The Morgan fingerprint density at radius 2 is 2.16 bits per heavy atom. The highest BCUT2D eigenvalue weighted by molar-refractivity contribution is 6.09. The average molecular weight is 248 g/mol. The maximum atomic E-state index is 12.3. The number of rotatable bonds is 2. The van der Waals surface area contributed by atoms with Gasteiger partial charge in [-0.05, 0) is 18.2 Å². The van der Waals surface area contributed by atoms with Crippen LogP contribution in [0.25, 0.3) is 5.52 Å².